The third-order valence-corrected chi connectivity index (χ3v) is 1.76. The average molecular weight is 217 g/mol. The number of rotatable bonds is 9. The van der Waals surface area contributed by atoms with E-state index < -0.39 is 0 Å². The Morgan fingerprint density at radius 1 is 1.33 bits per heavy atom. The number of unbranched alkanes of at least 4 members (excludes halogenated alkanes) is 1. The molecule has 1 amide bonds. The third-order valence-electron chi connectivity index (χ3n) is 1.76. The molecule has 0 radical (unpaired) electrons. The summed E-state index contributed by atoms with van der Waals surface area (Å²) in [4.78, 5) is 11.1. The van der Waals surface area contributed by atoms with Gasteiger partial charge in [0.15, 0.2) is 0 Å². The number of carbonyl (C=O) groups excluding carboxylic acids is 1. The Balaban J connectivity index is 3.17. The minimum absolute atomic E-state index is 0.0807. The first-order valence-electron chi connectivity index (χ1n) is 5.62. The highest BCUT2D eigenvalue weighted by molar-refractivity contribution is 5.77. The molecular formula is C11H23NO3. The van der Waals surface area contributed by atoms with Crippen LogP contribution in [0.2, 0.25) is 0 Å². The Labute approximate surface area is 92.3 Å². The van der Waals surface area contributed by atoms with E-state index in [-0.39, 0.29) is 18.6 Å². The van der Waals surface area contributed by atoms with E-state index in [2.05, 4.69) is 12.2 Å². The molecule has 4 nitrogen and oxygen atoms in total. The molecule has 0 aliphatic rings. The molecule has 0 aliphatic heterocycles. The lowest BCUT2D eigenvalue weighted by Gasteiger charge is -2.08. The second kappa shape index (κ2) is 9.93. The molecule has 0 saturated carbocycles. The van der Waals surface area contributed by atoms with Gasteiger partial charge >= 0.3 is 0 Å². The maximum absolute atomic E-state index is 11.1. The minimum atomic E-state index is -0.0807. The first-order valence-corrected chi connectivity index (χ1v) is 5.62. The van der Waals surface area contributed by atoms with Gasteiger partial charge in [-0.25, -0.2) is 0 Å². The Morgan fingerprint density at radius 3 is 2.67 bits per heavy atom. The van der Waals surface area contributed by atoms with Crippen LogP contribution < -0.4 is 5.32 Å². The largest absolute Gasteiger partial charge is 0.380 e. The van der Waals surface area contributed by atoms with Crippen molar-refractivity contribution in [2.45, 2.75) is 39.7 Å². The summed E-state index contributed by atoms with van der Waals surface area (Å²) < 4.78 is 10.4. The lowest BCUT2D eigenvalue weighted by molar-refractivity contribution is -0.127. The summed E-state index contributed by atoms with van der Waals surface area (Å²) >= 11 is 0. The maximum Gasteiger partial charge on any atom is 0.246 e. The molecule has 0 rings (SSSR count). The molecule has 0 aromatic heterocycles. The first-order chi connectivity index (χ1) is 7.16. The Kier molecular flexibility index (Phi) is 9.52. The third kappa shape index (κ3) is 11.3. The lowest BCUT2D eigenvalue weighted by atomic mass is 10.4. The smallest absolute Gasteiger partial charge is 0.246 e. The zero-order valence-electron chi connectivity index (χ0n) is 10.0. The van der Waals surface area contributed by atoms with Gasteiger partial charge in [-0.3, -0.25) is 4.79 Å². The van der Waals surface area contributed by atoms with Gasteiger partial charge in [0.1, 0.15) is 6.61 Å². The first kappa shape index (κ1) is 14.4. The summed E-state index contributed by atoms with van der Waals surface area (Å²) in [6.07, 6.45) is 2.30. The van der Waals surface area contributed by atoms with Gasteiger partial charge in [0.05, 0.1) is 12.7 Å². The monoisotopic (exact) mass is 217 g/mol. The molecule has 0 atom stereocenters. The highest BCUT2D eigenvalue weighted by Crippen LogP contribution is 1.87. The minimum Gasteiger partial charge on any atom is -0.380 e. The Morgan fingerprint density at radius 2 is 2.07 bits per heavy atom. The van der Waals surface area contributed by atoms with Crippen molar-refractivity contribution in [2.24, 2.45) is 0 Å². The second-order valence-electron chi connectivity index (χ2n) is 3.68. The Hall–Kier alpha value is -0.610. The van der Waals surface area contributed by atoms with E-state index in [1.807, 2.05) is 13.8 Å². The zero-order chi connectivity index (χ0) is 11.5. The molecule has 0 aliphatic carbocycles. The van der Waals surface area contributed by atoms with E-state index in [0.29, 0.717) is 13.2 Å². The molecule has 0 fully saturated rings. The van der Waals surface area contributed by atoms with Gasteiger partial charge in [-0.15, -0.1) is 0 Å². The summed E-state index contributed by atoms with van der Waals surface area (Å²) in [7, 11) is 0. The number of carbonyl (C=O) groups is 1. The highest BCUT2D eigenvalue weighted by atomic mass is 16.5. The molecule has 0 heterocycles. The number of ether oxygens (including phenoxy) is 2. The van der Waals surface area contributed by atoms with Crippen LogP contribution in [0, 0.1) is 0 Å². The van der Waals surface area contributed by atoms with Crippen molar-refractivity contribution >= 4 is 5.91 Å². The molecule has 0 spiro atoms. The van der Waals surface area contributed by atoms with E-state index in [1.54, 1.807) is 0 Å². The fourth-order valence-electron chi connectivity index (χ4n) is 0.904. The molecule has 4 heteroatoms. The number of nitrogens with one attached hydrogen (secondary N) is 1. The quantitative estimate of drug-likeness (QED) is 0.593. The molecule has 0 unspecified atom stereocenters. The standard InChI is InChI=1S/C11H23NO3/c1-4-5-7-14-8-6-12-11(13)9-15-10(2)3/h10H,4-9H2,1-3H3,(H,12,13). The predicted octanol–water partition coefficient (Wildman–Crippen LogP) is 1.34. The summed E-state index contributed by atoms with van der Waals surface area (Å²) in [5.74, 6) is -0.0807. The molecule has 15 heavy (non-hydrogen) atoms. The van der Waals surface area contributed by atoms with Gasteiger partial charge in [0.25, 0.3) is 0 Å². The highest BCUT2D eigenvalue weighted by Gasteiger charge is 2.01. The van der Waals surface area contributed by atoms with E-state index in [9.17, 15) is 4.79 Å². The van der Waals surface area contributed by atoms with Crippen LogP contribution in [-0.2, 0) is 14.3 Å². The topological polar surface area (TPSA) is 47.6 Å². The molecule has 0 bridgehead atoms. The SMILES string of the molecule is CCCCOCCNC(=O)COC(C)C. The van der Waals surface area contributed by atoms with E-state index in [0.717, 1.165) is 19.4 Å². The van der Waals surface area contributed by atoms with E-state index in [1.165, 1.54) is 0 Å². The van der Waals surface area contributed by atoms with Crippen molar-refractivity contribution in [3.63, 3.8) is 0 Å². The molecular weight excluding hydrogens is 194 g/mol. The summed E-state index contributed by atoms with van der Waals surface area (Å²) in [5.41, 5.74) is 0. The number of hydrogen-bond acceptors (Lipinski definition) is 3. The fourth-order valence-corrected chi connectivity index (χ4v) is 0.904. The number of amides is 1. The van der Waals surface area contributed by atoms with Crippen LogP contribution in [0.15, 0.2) is 0 Å². The van der Waals surface area contributed by atoms with Crippen LogP contribution in [0.3, 0.4) is 0 Å². The molecule has 90 valence electrons. The van der Waals surface area contributed by atoms with Crippen molar-refractivity contribution in [1.29, 1.82) is 0 Å². The number of hydrogen-bond donors (Lipinski definition) is 1. The van der Waals surface area contributed by atoms with Gasteiger partial charge in [-0.2, -0.15) is 0 Å². The van der Waals surface area contributed by atoms with Gasteiger partial charge < -0.3 is 14.8 Å². The van der Waals surface area contributed by atoms with Gasteiger partial charge in [-0.1, -0.05) is 13.3 Å². The second-order valence-corrected chi connectivity index (χ2v) is 3.68. The van der Waals surface area contributed by atoms with Crippen LogP contribution in [0.25, 0.3) is 0 Å². The molecule has 1 N–H and O–H groups in total. The summed E-state index contributed by atoms with van der Waals surface area (Å²) in [6, 6.07) is 0. The maximum atomic E-state index is 11.1. The van der Waals surface area contributed by atoms with E-state index >= 15 is 0 Å². The summed E-state index contributed by atoms with van der Waals surface area (Å²) in [6.45, 7) is 7.97. The normalized spacial score (nSPS) is 10.7. The Bertz CT molecular complexity index is 160. The van der Waals surface area contributed by atoms with Crippen molar-refractivity contribution in [1.82, 2.24) is 5.32 Å². The van der Waals surface area contributed by atoms with Crippen molar-refractivity contribution in [3.05, 3.63) is 0 Å². The lowest BCUT2D eigenvalue weighted by Crippen LogP contribution is -2.31. The van der Waals surface area contributed by atoms with Crippen LogP contribution >= 0.6 is 0 Å². The molecule has 0 aromatic carbocycles. The van der Waals surface area contributed by atoms with Gasteiger partial charge in [0, 0.05) is 13.2 Å². The van der Waals surface area contributed by atoms with Crippen molar-refractivity contribution in [2.75, 3.05) is 26.4 Å². The van der Waals surface area contributed by atoms with E-state index in [4.69, 9.17) is 9.47 Å². The fraction of sp³-hybridized carbons (Fsp3) is 0.909. The zero-order valence-corrected chi connectivity index (χ0v) is 10.0. The summed E-state index contributed by atoms with van der Waals surface area (Å²) in [5, 5.41) is 2.73. The average Bonchev–Trinajstić information content (AvgIpc) is 2.20. The van der Waals surface area contributed by atoms with Crippen molar-refractivity contribution < 1.29 is 14.3 Å². The van der Waals surface area contributed by atoms with Crippen LogP contribution in [0.1, 0.15) is 33.6 Å². The van der Waals surface area contributed by atoms with Gasteiger partial charge in [0.2, 0.25) is 5.91 Å². The molecule has 0 aromatic rings. The van der Waals surface area contributed by atoms with Crippen LogP contribution in [-0.4, -0.2) is 38.4 Å². The predicted molar refractivity (Wildman–Crippen MR) is 59.8 cm³/mol. The van der Waals surface area contributed by atoms with Crippen LogP contribution in [0.4, 0.5) is 0 Å². The van der Waals surface area contributed by atoms with Crippen LogP contribution in [0.5, 0.6) is 0 Å². The molecule has 0 saturated heterocycles. The van der Waals surface area contributed by atoms with Crippen molar-refractivity contribution in [3.8, 4) is 0 Å². The van der Waals surface area contributed by atoms with Gasteiger partial charge in [-0.05, 0) is 20.3 Å².